The molecule has 0 amide bonds. The van der Waals surface area contributed by atoms with Crippen LogP contribution < -0.4 is 5.32 Å². The molecule has 2 aromatic rings. The van der Waals surface area contributed by atoms with Crippen LogP contribution in [0.3, 0.4) is 0 Å². The van der Waals surface area contributed by atoms with Crippen LogP contribution in [0.5, 0.6) is 0 Å². The SMILES string of the molecule is CC(Nc1ccc(-c2nccs2)cc1)C1CC1. The summed E-state index contributed by atoms with van der Waals surface area (Å²) in [5.74, 6) is 0.883. The first-order valence-electron chi connectivity index (χ1n) is 6.09. The Morgan fingerprint density at radius 1 is 1.29 bits per heavy atom. The quantitative estimate of drug-likeness (QED) is 0.878. The summed E-state index contributed by atoms with van der Waals surface area (Å²) < 4.78 is 0. The van der Waals surface area contributed by atoms with Crippen molar-refractivity contribution in [3.8, 4) is 10.6 Å². The maximum Gasteiger partial charge on any atom is 0.123 e. The first-order valence-corrected chi connectivity index (χ1v) is 6.97. The first kappa shape index (κ1) is 10.8. The van der Waals surface area contributed by atoms with E-state index in [4.69, 9.17) is 0 Å². The van der Waals surface area contributed by atoms with Crippen molar-refractivity contribution in [3.63, 3.8) is 0 Å². The van der Waals surface area contributed by atoms with Crippen LogP contribution in [0.4, 0.5) is 5.69 Å². The molecule has 2 nitrogen and oxygen atoms in total. The molecule has 1 heterocycles. The average Bonchev–Trinajstić information content (AvgIpc) is 3.07. The van der Waals surface area contributed by atoms with Crippen LogP contribution in [-0.2, 0) is 0 Å². The fourth-order valence-electron chi connectivity index (χ4n) is 2.05. The van der Waals surface area contributed by atoms with Gasteiger partial charge in [0.05, 0.1) is 0 Å². The van der Waals surface area contributed by atoms with Gasteiger partial charge < -0.3 is 5.32 Å². The highest BCUT2D eigenvalue weighted by Crippen LogP contribution is 2.34. The van der Waals surface area contributed by atoms with Crippen LogP contribution in [0, 0.1) is 5.92 Å². The second kappa shape index (κ2) is 4.49. The zero-order valence-electron chi connectivity index (χ0n) is 9.89. The van der Waals surface area contributed by atoms with E-state index in [9.17, 15) is 0 Å². The Labute approximate surface area is 106 Å². The molecule has 0 saturated heterocycles. The van der Waals surface area contributed by atoms with E-state index in [1.807, 2.05) is 11.6 Å². The highest BCUT2D eigenvalue weighted by molar-refractivity contribution is 7.13. The van der Waals surface area contributed by atoms with Gasteiger partial charge in [0.1, 0.15) is 5.01 Å². The molecule has 17 heavy (non-hydrogen) atoms. The van der Waals surface area contributed by atoms with Crippen LogP contribution in [0.1, 0.15) is 19.8 Å². The number of hydrogen-bond donors (Lipinski definition) is 1. The van der Waals surface area contributed by atoms with Crippen molar-refractivity contribution in [2.24, 2.45) is 5.92 Å². The zero-order valence-corrected chi connectivity index (χ0v) is 10.7. The summed E-state index contributed by atoms with van der Waals surface area (Å²) in [6.45, 7) is 2.27. The lowest BCUT2D eigenvalue weighted by Gasteiger charge is -2.14. The number of aromatic nitrogens is 1. The fourth-order valence-corrected chi connectivity index (χ4v) is 2.70. The largest absolute Gasteiger partial charge is 0.382 e. The number of benzene rings is 1. The number of rotatable bonds is 4. The maximum atomic E-state index is 4.31. The summed E-state index contributed by atoms with van der Waals surface area (Å²) in [6.07, 6.45) is 4.61. The molecular formula is C14H16N2S. The maximum absolute atomic E-state index is 4.31. The van der Waals surface area contributed by atoms with Gasteiger partial charge >= 0.3 is 0 Å². The van der Waals surface area contributed by atoms with E-state index in [-0.39, 0.29) is 0 Å². The number of anilines is 1. The Morgan fingerprint density at radius 2 is 2.06 bits per heavy atom. The van der Waals surface area contributed by atoms with E-state index in [0.29, 0.717) is 6.04 Å². The minimum absolute atomic E-state index is 0.598. The van der Waals surface area contributed by atoms with E-state index < -0.39 is 0 Å². The van der Waals surface area contributed by atoms with Gasteiger partial charge in [-0.05, 0) is 49.9 Å². The van der Waals surface area contributed by atoms with Gasteiger partial charge in [0, 0.05) is 28.9 Å². The number of nitrogens with zero attached hydrogens (tertiary/aromatic N) is 1. The second-order valence-electron chi connectivity index (χ2n) is 4.69. The summed E-state index contributed by atoms with van der Waals surface area (Å²) >= 11 is 1.68. The minimum Gasteiger partial charge on any atom is -0.382 e. The van der Waals surface area contributed by atoms with Crippen molar-refractivity contribution in [1.29, 1.82) is 0 Å². The molecule has 0 bridgehead atoms. The van der Waals surface area contributed by atoms with E-state index in [2.05, 4.69) is 41.5 Å². The monoisotopic (exact) mass is 244 g/mol. The summed E-state index contributed by atoms with van der Waals surface area (Å²) in [5.41, 5.74) is 2.41. The van der Waals surface area contributed by atoms with E-state index in [1.54, 1.807) is 11.3 Å². The van der Waals surface area contributed by atoms with Gasteiger partial charge in [-0.25, -0.2) is 4.98 Å². The van der Waals surface area contributed by atoms with Crippen molar-refractivity contribution in [3.05, 3.63) is 35.8 Å². The molecule has 1 saturated carbocycles. The van der Waals surface area contributed by atoms with Gasteiger partial charge in [-0.2, -0.15) is 0 Å². The van der Waals surface area contributed by atoms with Gasteiger partial charge in [0.2, 0.25) is 0 Å². The lowest BCUT2D eigenvalue weighted by atomic mass is 10.1. The minimum atomic E-state index is 0.598. The Balaban J connectivity index is 1.71. The van der Waals surface area contributed by atoms with Crippen LogP contribution in [0.2, 0.25) is 0 Å². The molecule has 1 aliphatic rings. The van der Waals surface area contributed by atoms with Crippen LogP contribution in [-0.4, -0.2) is 11.0 Å². The lowest BCUT2D eigenvalue weighted by Crippen LogP contribution is -2.16. The molecule has 1 unspecified atom stereocenters. The van der Waals surface area contributed by atoms with Gasteiger partial charge in [-0.1, -0.05) is 0 Å². The molecule has 88 valence electrons. The number of thiazole rings is 1. The van der Waals surface area contributed by atoms with Crippen LogP contribution in [0.25, 0.3) is 10.6 Å². The average molecular weight is 244 g/mol. The molecule has 1 aromatic heterocycles. The van der Waals surface area contributed by atoms with Crippen molar-refractivity contribution in [2.45, 2.75) is 25.8 Å². The molecule has 3 rings (SSSR count). The topological polar surface area (TPSA) is 24.9 Å². The predicted molar refractivity (Wildman–Crippen MR) is 73.4 cm³/mol. The molecular weight excluding hydrogens is 228 g/mol. The molecule has 1 aliphatic carbocycles. The van der Waals surface area contributed by atoms with E-state index in [1.165, 1.54) is 24.1 Å². The molecule has 1 fully saturated rings. The summed E-state index contributed by atoms with van der Waals surface area (Å²) in [7, 11) is 0. The summed E-state index contributed by atoms with van der Waals surface area (Å²) in [5, 5.41) is 6.66. The number of hydrogen-bond acceptors (Lipinski definition) is 3. The van der Waals surface area contributed by atoms with Crippen LogP contribution >= 0.6 is 11.3 Å². The molecule has 0 spiro atoms. The van der Waals surface area contributed by atoms with E-state index in [0.717, 1.165) is 10.9 Å². The predicted octanol–water partition coefficient (Wildman–Crippen LogP) is 4.02. The Kier molecular flexibility index (Phi) is 2.85. The van der Waals surface area contributed by atoms with Crippen LogP contribution in [0.15, 0.2) is 35.8 Å². The highest BCUT2D eigenvalue weighted by atomic mass is 32.1. The zero-order chi connectivity index (χ0) is 11.7. The molecule has 3 heteroatoms. The Hall–Kier alpha value is -1.35. The van der Waals surface area contributed by atoms with Crippen molar-refractivity contribution < 1.29 is 0 Å². The summed E-state index contributed by atoms with van der Waals surface area (Å²) in [4.78, 5) is 4.31. The van der Waals surface area contributed by atoms with Crippen molar-refractivity contribution in [2.75, 3.05) is 5.32 Å². The number of nitrogens with one attached hydrogen (secondary N) is 1. The summed E-state index contributed by atoms with van der Waals surface area (Å²) in [6, 6.07) is 9.17. The van der Waals surface area contributed by atoms with E-state index >= 15 is 0 Å². The third-order valence-corrected chi connectivity index (χ3v) is 4.11. The van der Waals surface area contributed by atoms with Crippen molar-refractivity contribution in [1.82, 2.24) is 4.98 Å². The van der Waals surface area contributed by atoms with Gasteiger partial charge in [0.25, 0.3) is 0 Å². The first-order chi connectivity index (χ1) is 8.33. The molecule has 0 radical (unpaired) electrons. The third-order valence-electron chi connectivity index (χ3n) is 3.29. The normalized spacial score (nSPS) is 16.8. The molecule has 1 N–H and O–H groups in total. The lowest BCUT2D eigenvalue weighted by molar-refractivity contribution is 0.694. The standard InChI is InChI=1S/C14H16N2S/c1-10(11-2-3-11)16-13-6-4-12(5-7-13)14-15-8-9-17-14/h4-11,16H,2-3H2,1H3. The molecule has 1 atom stereocenters. The Morgan fingerprint density at radius 3 is 2.65 bits per heavy atom. The third kappa shape index (κ3) is 2.50. The Bertz CT molecular complexity index is 471. The highest BCUT2D eigenvalue weighted by Gasteiger charge is 2.27. The fraction of sp³-hybridized carbons (Fsp3) is 0.357. The smallest absolute Gasteiger partial charge is 0.123 e. The van der Waals surface area contributed by atoms with Gasteiger partial charge in [-0.3, -0.25) is 0 Å². The van der Waals surface area contributed by atoms with Crippen molar-refractivity contribution >= 4 is 17.0 Å². The molecule has 1 aromatic carbocycles. The molecule has 0 aliphatic heterocycles. The second-order valence-corrected chi connectivity index (χ2v) is 5.58. The van der Waals surface area contributed by atoms with Gasteiger partial charge in [-0.15, -0.1) is 11.3 Å². The van der Waals surface area contributed by atoms with Gasteiger partial charge in [0.15, 0.2) is 0 Å².